The number of nitrogens with one attached hydrogen (secondary N) is 1. The highest BCUT2D eigenvalue weighted by molar-refractivity contribution is 7.89. The third-order valence-corrected chi connectivity index (χ3v) is 4.09. The van der Waals surface area contributed by atoms with Crippen molar-refractivity contribution in [2.75, 3.05) is 6.54 Å². The van der Waals surface area contributed by atoms with Gasteiger partial charge in [-0.05, 0) is 25.5 Å². The molecule has 0 aliphatic rings. The third kappa shape index (κ3) is 3.68. The zero-order valence-corrected chi connectivity index (χ0v) is 11.4. The molecule has 0 bridgehead atoms. The summed E-state index contributed by atoms with van der Waals surface area (Å²) in [6.07, 6.45) is 0.516. The van der Waals surface area contributed by atoms with Gasteiger partial charge in [0.25, 0.3) is 0 Å². The van der Waals surface area contributed by atoms with E-state index in [0.717, 1.165) is 0 Å². The first-order valence-electron chi connectivity index (χ1n) is 5.32. The number of hydrogen-bond donors (Lipinski definition) is 2. The van der Waals surface area contributed by atoms with Crippen molar-refractivity contribution in [3.8, 4) is 6.07 Å². The number of hydrogen-bond acceptors (Lipinski definition) is 4. The molecule has 0 saturated carbocycles. The van der Waals surface area contributed by atoms with Crippen LogP contribution in [-0.2, 0) is 10.0 Å². The Kier molecular flexibility index (Phi) is 5.11. The fourth-order valence-corrected chi connectivity index (χ4v) is 2.83. The molecule has 0 aromatic heterocycles. The van der Waals surface area contributed by atoms with Crippen LogP contribution in [0.25, 0.3) is 0 Å². The van der Waals surface area contributed by atoms with Gasteiger partial charge in [-0.2, -0.15) is 5.26 Å². The topological polar surface area (TPSA) is 96.0 Å². The van der Waals surface area contributed by atoms with E-state index in [9.17, 15) is 8.42 Å². The van der Waals surface area contributed by atoms with Crippen LogP contribution in [0.3, 0.4) is 0 Å². The Morgan fingerprint density at radius 2 is 2.22 bits per heavy atom. The Hall–Kier alpha value is -1.13. The Bertz CT molecular complexity index is 564. The molecule has 1 unspecified atom stereocenters. The Morgan fingerprint density at radius 1 is 1.56 bits per heavy atom. The molecule has 0 heterocycles. The van der Waals surface area contributed by atoms with Gasteiger partial charge in [-0.3, -0.25) is 0 Å². The van der Waals surface area contributed by atoms with Gasteiger partial charge in [0.2, 0.25) is 10.0 Å². The van der Waals surface area contributed by atoms with E-state index in [4.69, 9.17) is 22.6 Å². The SMILES string of the molecule is CC(N)CCNS(=O)(=O)c1cccc(Cl)c1C#N. The maximum absolute atomic E-state index is 12.0. The fraction of sp³-hybridized carbons (Fsp3) is 0.364. The second-order valence-electron chi connectivity index (χ2n) is 3.89. The van der Waals surface area contributed by atoms with Gasteiger partial charge in [0.05, 0.1) is 10.6 Å². The minimum absolute atomic E-state index is 0.0486. The number of sulfonamides is 1. The van der Waals surface area contributed by atoms with Crippen LogP contribution >= 0.6 is 11.6 Å². The highest BCUT2D eigenvalue weighted by atomic mass is 35.5. The molecule has 1 atom stereocenters. The number of rotatable bonds is 5. The van der Waals surface area contributed by atoms with Crippen molar-refractivity contribution in [1.82, 2.24) is 4.72 Å². The van der Waals surface area contributed by atoms with Crippen molar-refractivity contribution < 1.29 is 8.42 Å². The minimum Gasteiger partial charge on any atom is -0.328 e. The predicted molar refractivity (Wildman–Crippen MR) is 69.6 cm³/mol. The van der Waals surface area contributed by atoms with Gasteiger partial charge in [0.15, 0.2) is 0 Å². The van der Waals surface area contributed by atoms with Crippen LogP contribution in [0.1, 0.15) is 18.9 Å². The summed E-state index contributed by atoms with van der Waals surface area (Å²) in [6, 6.07) is 6.01. The summed E-state index contributed by atoms with van der Waals surface area (Å²) >= 11 is 5.79. The van der Waals surface area contributed by atoms with Crippen molar-refractivity contribution in [2.24, 2.45) is 5.73 Å². The zero-order chi connectivity index (χ0) is 13.8. The molecule has 18 heavy (non-hydrogen) atoms. The van der Waals surface area contributed by atoms with Gasteiger partial charge in [0, 0.05) is 12.6 Å². The van der Waals surface area contributed by atoms with Crippen LogP contribution in [0.2, 0.25) is 5.02 Å². The van der Waals surface area contributed by atoms with E-state index in [-0.39, 0.29) is 28.1 Å². The quantitative estimate of drug-likeness (QED) is 0.851. The van der Waals surface area contributed by atoms with E-state index in [1.807, 2.05) is 0 Å². The molecule has 0 saturated heterocycles. The van der Waals surface area contributed by atoms with Gasteiger partial charge >= 0.3 is 0 Å². The standard InChI is InChI=1S/C11H14ClN3O2S/c1-8(14)5-6-15-18(16,17)11-4-2-3-10(12)9(11)7-13/h2-4,8,15H,5-6,14H2,1H3. The molecule has 1 aromatic rings. The van der Waals surface area contributed by atoms with Crippen LogP contribution in [0.4, 0.5) is 0 Å². The number of halogens is 1. The molecular weight excluding hydrogens is 274 g/mol. The molecular formula is C11H14ClN3O2S. The summed E-state index contributed by atoms with van der Waals surface area (Å²) < 4.78 is 26.4. The van der Waals surface area contributed by atoms with Gasteiger partial charge in [-0.15, -0.1) is 0 Å². The van der Waals surface area contributed by atoms with Crippen LogP contribution in [0, 0.1) is 11.3 Å². The van der Waals surface area contributed by atoms with E-state index in [1.54, 1.807) is 13.0 Å². The fourth-order valence-electron chi connectivity index (χ4n) is 1.34. The molecule has 0 aliphatic carbocycles. The average molecular weight is 288 g/mol. The van der Waals surface area contributed by atoms with E-state index >= 15 is 0 Å². The summed E-state index contributed by atoms with van der Waals surface area (Å²) in [7, 11) is -3.73. The lowest BCUT2D eigenvalue weighted by Crippen LogP contribution is -2.29. The molecule has 3 N–H and O–H groups in total. The maximum Gasteiger partial charge on any atom is 0.241 e. The van der Waals surface area contributed by atoms with Crippen LogP contribution in [0.15, 0.2) is 23.1 Å². The van der Waals surface area contributed by atoms with Crippen molar-refractivity contribution in [2.45, 2.75) is 24.3 Å². The minimum atomic E-state index is -3.73. The molecule has 1 rings (SSSR count). The van der Waals surface area contributed by atoms with Crippen molar-refractivity contribution >= 4 is 21.6 Å². The monoisotopic (exact) mass is 287 g/mol. The van der Waals surface area contributed by atoms with Crippen molar-refractivity contribution in [1.29, 1.82) is 5.26 Å². The average Bonchev–Trinajstić information content (AvgIpc) is 2.27. The smallest absolute Gasteiger partial charge is 0.241 e. The number of nitriles is 1. The molecule has 0 spiro atoms. The molecule has 98 valence electrons. The van der Waals surface area contributed by atoms with Crippen molar-refractivity contribution in [3.63, 3.8) is 0 Å². The van der Waals surface area contributed by atoms with Gasteiger partial charge in [0.1, 0.15) is 11.0 Å². The Balaban J connectivity index is 3.00. The molecule has 0 amide bonds. The van der Waals surface area contributed by atoms with Crippen molar-refractivity contribution in [3.05, 3.63) is 28.8 Å². The normalized spacial score (nSPS) is 13.0. The largest absolute Gasteiger partial charge is 0.328 e. The molecule has 0 aliphatic heterocycles. The molecule has 7 heteroatoms. The predicted octanol–water partition coefficient (Wildman–Crippen LogP) is 1.23. The zero-order valence-electron chi connectivity index (χ0n) is 9.85. The number of nitrogens with zero attached hydrogens (tertiary/aromatic N) is 1. The summed E-state index contributed by atoms with van der Waals surface area (Å²) in [6.45, 7) is 2.01. The van der Waals surface area contributed by atoms with Crippen LogP contribution < -0.4 is 10.5 Å². The first-order valence-corrected chi connectivity index (χ1v) is 7.18. The van der Waals surface area contributed by atoms with Gasteiger partial charge < -0.3 is 5.73 Å². The molecule has 0 fully saturated rings. The van der Waals surface area contributed by atoms with E-state index in [2.05, 4.69) is 4.72 Å². The van der Waals surface area contributed by atoms with Crippen LogP contribution in [0.5, 0.6) is 0 Å². The molecule has 0 radical (unpaired) electrons. The lowest BCUT2D eigenvalue weighted by atomic mass is 10.2. The second-order valence-corrected chi connectivity index (χ2v) is 6.03. The third-order valence-electron chi connectivity index (χ3n) is 2.27. The number of benzene rings is 1. The van der Waals surface area contributed by atoms with Gasteiger partial charge in [-0.1, -0.05) is 17.7 Å². The number of nitrogens with two attached hydrogens (primary N) is 1. The Labute approximate surface area is 112 Å². The maximum atomic E-state index is 12.0. The summed E-state index contributed by atoms with van der Waals surface area (Å²) in [4.78, 5) is -0.109. The summed E-state index contributed by atoms with van der Waals surface area (Å²) in [5.74, 6) is 0. The Morgan fingerprint density at radius 3 is 2.78 bits per heavy atom. The lowest BCUT2D eigenvalue weighted by Gasteiger charge is -2.10. The summed E-state index contributed by atoms with van der Waals surface area (Å²) in [5, 5.41) is 9.05. The van der Waals surface area contributed by atoms with E-state index < -0.39 is 10.0 Å². The van der Waals surface area contributed by atoms with E-state index in [0.29, 0.717) is 6.42 Å². The second kappa shape index (κ2) is 6.16. The highest BCUT2D eigenvalue weighted by Gasteiger charge is 2.19. The highest BCUT2D eigenvalue weighted by Crippen LogP contribution is 2.22. The van der Waals surface area contributed by atoms with Crippen LogP contribution in [-0.4, -0.2) is 21.0 Å². The van der Waals surface area contributed by atoms with E-state index in [1.165, 1.54) is 18.2 Å². The first kappa shape index (κ1) is 14.9. The first-order chi connectivity index (χ1) is 8.38. The summed E-state index contributed by atoms with van der Waals surface area (Å²) in [5.41, 5.74) is 5.48. The molecule has 5 nitrogen and oxygen atoms in total. The van der Waals surface area contributed by atoms with Gasteiger partial charge in [-0.25, -0.2) is 13.1 Å². The lowest BCUT2D eigenvalue weighted by molar-refractivity contribution is 0.571. The molecule has 1 aromatic carbocycles.